The van der Waals surface area contributed by atoms with Crippen LogP contribution < -0.4 is 0 Å². The average molecular weight is 210 g/mol. The third kappa shape index (κ3) is 3.19. The Morgan fingerprint density at radius 3 is 2.67 bits per heavy atom. The van der Waals surface area contributed by atoms with Crippen molar-refractivity contribution in [2.75, 3.05) is 0 Å². The van der Waals surface area contributed by atoms with Crippen LogP contribution in [0.1, 0.15) is 44.4 Å². The van der Waals surface area contributed by atoms with E-state index in [0.717, 1.165) is 18.9 Å². The number of hydrogen-bond donors (Lipinski definition) is 1. The van der Waals surface area contributed by atoms with Gasteiger partial charge in [0.25, 0.3) is 0 Å². The largest absolute Gasteiger partial charge is 0.478 e. The van der Waals surface area contributed by atoms with Crippen molar-refractivity contribution in [2.45, 2.75) is 32.6 Å². The third-order valence-electron chi connectivity index (χ3n) is 2.16. The lowest BCUT2D eigenvalue weighted by molar-refractivity contribution is -0.131. The maximum Gasteiger partial charge on any atom is 0.328 e. The zero-order valence-electron chi connectivity index (χ0n) is 8.80. The van der Waals surface area contributed by atoms with Gasteiger partial charge >= 0.3 is 5.97 Å². The summed E-state index contributed by atoms with van der Waals surface area (Å²) in [6, 6.07) is 0. The highest BCUT2D eigenvalue weighted by Crippen LogP contribution is 2.21. The van der Waals surface area contributed by atoms with Crippen molar-refractivity contribution < 1.29 is 14.3 Å². The predicted octanol–water partition coefficient (Wildman–Crippen LogP) is 2.07. The molecule has 0 atom stereocenters. The van der Waals surface area contributed by atoms with Gasteiger partial charge < -0.3 is 9.52 Å². The van der Waals surface area contributed by atoms with Crippen LogP contribution in [0.4, 0.5) is 0 Å². The molecule has 0 saturated heterocycles. The summed E-state index contributed by atoms with van der Waals surface area (Å²) in [5.41, 5.74) is 0. The quantitative estimate of drug-likeness (QED) is 0.753. The Bertz CT molecular complexity index is 353. The standard InChI is InChI=1S/C10H14N2O3/c1-3-7(4-2)10-12-11-8(15-10)5-6-9(13)14/h5-7H,3-4H2,1-2H3,(H,13,14)/b6-5+. The van der Waals surface area contributed by atoms with Crippen LogP contribution in [0.2, 0.25) is 0 Å². The lowest BCUT2D eigenvalue weighted by Gasteiger charge is -2.04. The SMILES string of the molecule is CCC(CC)c1nnc(/C=C/C(=O)O)o1. The second-order valence-electron chi connectivity index (χ2n) is 3.16. The van der Waals surface area contributed by atoms with Gasteiger partial charge in [-0.1, -0.05) is 13.8 Å². The van der Waals surface area contributed by atoms with Crippen molar-refractivity contribution >= 4 is 12.0 Å². The van der Waals surface area contributed by atoms with Crippen molar-refractivity contribution in [1.82, 2.24) is 10.2 Å². The molecule has 0 bridgehead atoms. The van der Waals surface area contributed by atoms with Crippen molar-refractivity contribution in [3.05, 3.63) is 17.9 Å². The van der Waals surface area contributed by atoms with Crippen LogP contribution >= 0.6 is 0 Å². The number of nitrogens with zero attached hydrogens (tertiary/aromatic N) is 2. The molecule has 1 N–H and O–H groups in total. The zero-order chi connectivity index (χ0) is 11.3. The molecule has 0 aliphatic rings. The smallest absolute Gasteiger partial charge is 0.328 e. The highest BCUT2D eigenvalue weighted by Gasteiger charge is 2.13. The predicted molar refractivity (Wildman–Crippen MR) is 54.3 cm³/mol. The molecule has 1 rings (SSSR count). The minimum Gasteiger partial charge on any atom is -0.478 e. The van der Waals surface area contributed by atoms with Gasteiger partial charge in [0.15, 0.2) is 0 Å². The van der Waals surface area contributed by atoms with E-state index in [-0.39, 0.29) is 11.8 Å². The molecular formula is C10H14N2O3. The Labute approximate surface area is 87.8 Å². The van der Waals surface area contributed by atoms with E-state index in [1.54, 1.807) is 0 Å². The Balaban J connectivity index is 2.75. The Hall–Kier alpha value is -1.65. The van der Waals surface area contributed by atoms with Gasteiger partial charge in [-0.3, -0.25) is 0 Å². The van der Waals surface area contributed by atoms with E-state index in [9.17, 15) is 4.79 Å². The molecule has 0 fully saturated rings. The number of carboxylic acid groups (broad SMARTS) is 1. The van der Waals surface area contributed by atoms with Gasteiger partial charge in [-0.2, -0.15) is 0 Å². The second-order valence-corrected chi connectivity index (χ2v) is 3.16. The van der Waals surface area contributed by atoms with E-state index in [1.165, 1.54) is 6.08 Å². The third-order valence-corrected chi connectivity index (χ3v) is 2.16. The molecule has 0 radical (unpaired) electrons. The lowest BCUT2D eigenvalue weighted by atomic mass is 10.0. The second kappa shape index (κ2) is 5.29. The molecule has 0 amide bonds. The van der Waals surface area contributed by atoms with Gasteiger partial charge in [0, 0.05) is 18.1 Å². The maximum atomic E-state index is 10.2. The first-order valence-electron chi connectivity index (χ1n) is 4.91. The summed E-state index contributed by atoms with van der Waals surface area (Å²) in [5.74, 6) is 0.0334. The number of carboxylic acids is 1. The first-order valence-corrected chi connectivity index (χ1v) is 4.91. The van der Waals surface area contributed by atoms with E-state index in [4.69, 9.17) is 9.52 Å². The molecule has 5 heteroatoms. The molecule has 0 unspecified atom stereocenters. The molecule has 0 aliphatic carbocycles. The van der Waals surface area contributed by atoms with E-state index in [1.807, 2.05) is 13.8 Å². The molecule has 1 aromatic rings. The van der Waals surface area contributed by atoms with Gasteiger partial charge in [-0.15, -0.1) is 10.2 Å². The van der Waals surface area contributed by atoms with Crippen LogP contribution in [0.25, 0.3) is 6.08 Å². The van der Waals surface area contributed by atoms with Gasteiger partial charge in [0.1, 0.15) is 0 Å². The highest BCUT2D eigenvalue weighted by atomic mass is 16.4. The molecule has 82 valence electrons. The number of aliphatic carboxylic acids is 1. The van der Waals surface area contributed by atoms with Crippen LogP contribution in [-0.4, -0.2) is 21.3 Å². The number of hydrogen-bond acceptors (Lipinski definition) is 4. The van der Waals surface area contributed by atoms with Gasteiger partial charge in [0.2, 0.25) is 11.8 Å². The van der Waals surface area contributed by atoms with Crippen molar-refractivity contribution in [2.24, 2.45) is 0 Å². The number of carbonyl (C=O) groups is 1. The van der Waals surface area contributed by atoms with E-state index >= 15 is 0 Å². The Kier molecular flexibility index (Phi) is 4.03. The summed E-state index contributed by atoms with van der Waals surface area (Å²) in [5, 5.41) is 16.0. The van der Waals surface area contributed by atoms with Crippen molar-refractivity contribution in [3.63, 3.8) is 0 Å². The molecule has 0 saturated carbocycles. The van der Waals surface area contributed by atoms with Crippen molar-refractivity contribution in [3.8, 4) is 0 Å². The van der Waals surface area contributed by atoms with E-state index in [2.05, 4.69) is 10.2 Å². The first kappa shape index (κ1) is 11.4. The van der Waals surface area contributed by atoms with Gasteiger partial charge in [-0.05, 0) is 12.8 Å². The maximum absolute atomic E-state index is 10.2. The summed E-state index contributed by atoms with van der Waals surface area (Å²) in [4.78, 5) is 10.2. The van der Waals surface area contributed by atoms with Crippen LogP contribution in [0, 0.1) is 0 Å². The van der Waals surface area contributed by atoms with Crippen LogP contribution in [-0.2, 0) is 4.79 Å². The first-order chi connectivity index (χ1) is 7.17. The Morgan fingerprint density at radius 1 is 1.47 bits per heavy atom. The van der Waals surface area contributed by atoms with E-state index < -0.39 is 5.97 Å². The Morgan fingerprint density at radius 2 is 2.13 bits per heavy atom. The van der Waals surface area contributed by atoms with Crippen LogP contribution in [0.15, 0.2) is 10.5 Å². The number of aromatic nitrogens is 2. The topological polar surface area (TPSA) is 76.2 Å². The summed E-state index contributed by atoms with van der Waals surface area (Å²) in [6.45, 7) is 4.09. The van der Waals surface area contributed by atoms with Gasteiger partial charge in [-0.25, -0.2) is 4.79 Å². The molecule has 1 aromatic heterocycles. The fraction of sp³-hybridized carbons (Fsp3) is 0.500. The number of rotatable bonds is 5. The fourth-order valence-electron chi connectivity index (χ4n) is 1.26. The summed E-state index contributed by atoms with van der Waals surface area (Å²) < 4.78 is 5.31. The normalized spacial score (nSPS) is 11.4. The summed E-state index contributed by atoms with van der Waals surface area (Å²) >= 11 is 0. The van der Waals surface area contributed by atoms with Crippen LogP contribution in [0.3, 0.4) is 0 Å². The molecular weight excluding hydrogens is 196 g/mol. The fourth-order valence-corrected chi connectivity index (χ4v) is 1.26. The van der Waals surface area contributed by atoms with Gasteiger partial charge in [0.05, 0.1) is 0 Å². The average Bonchev–Trinajstić information content (AvgIpc) is 2.65. The molecule has 1 heterocycles. The van der Waals surface area contributed by atoms with Crippen LogP contribution in [0.5, 0.6) is 0 Å². The lowest BCUT2D eigenvalue weighted by Crippen LogP contribution is -1.95. The monoisotopic (exact) mass is 210 g/mol. The molecule has 0 spiro atoms. The summed E-state index contributed by atoms with van der Waals surface area (Å²) in [6.07, 6.45) is 4.13. The zero-order valence-corrected chi connectivity index (χ0v) is 8.80. The minimum absolute atomic E-state index is 0.235. The molecule has 0 aliphatic heterocycles. The molecule has 0 aromatic carbocycles. The molecule has 5 nitrogen and oxygen atoms in total. The summed E-state index contributed by atoms with van der Waals surface area (Å²) in [7, 11) is 0. The minimum atomic E-state index is -1.03. The van der Waals surface area contributed by atoms with Crippen molar-refractivity contribution in [1.29, 1.82) is 0 Å². The van der Waals surface area contributed by atoms with E-state index in [0.29, 0.717) is 5.89 Å². The highest BCUT2D eigenvalue weighted by molar-refractivity contribution is 5.84. The molecule has 15 heavy (non-hydrogen) atoms.